The summed E-state index contributed by atoms with van der Waals surface area (Å²) < 4.78 is 0. The van der Waals surface area contributed by atoms with Crippen LogP contribution in [-0.4, -0.2) is 11.3 Å². The summed E-state index contributed by atoms with van der Waals surface area (Å²) in [5.74, 6) is 0.383. The molecule has 0 heterocycles. The van der Waals surface area contributed by atoms with Crippen molar-refractivity contribution < 1.29 is 5.11 Å². The Bertz CT molecular complexity index is 509. The Morgan fingerprint density at radius 2 is 2.00 bits per heavy atom. The maximum absolute atomic E-state index is 9.90. The number of benzene rings is 1. The Hall–Kier alpha value is -1.83. The van der Waals surface area contributed by atoms with Crippen molar-refractivity contribution in [3.63, 3.8) is 0 Å². The number of para-hydroxylation sites is 1. The molecule has 2 heteroatoms. The number of hydrogen-bond donors (Lipinski definition) is 1. The molecule has 1 aliphatic rings. The van der Waals surface area contributed by atoms with Gasteiger partial charge in [0, 0.05) is 11.8 Å². The van der Waals surface area contributed by atoms with Crippen molar-refractivity contribution in [1.82, 2.24) is 0 Å². The third-order valence-corrected chi connectivity index (χ3v) is 3.02. The number of aliphatic imine (C=N–C) groups is 1. The SMILES string of the molecule is CC1=C(O)C(/C=N/c2ccccc2C)=CCC1. The van der Waals surface area contributed by atoms with Crippen molar-refractivity contribution in [2.45, 2.75) is 26.7 Å². The molecular weight excluding hydrogens is 210 g/mol. The normalized spacial score (nSPS) is 16.5. The van der Waals surface area contributed by atoms with Crippen LogP contribution < -0.4 is 0 Å². The third-order valence-electron chi connectivity index (χ3n) is 3.02. The fourth-order valence-electron chi connectivity index (χ4n) is 1.87. The Labute approximate surface area is 102 Å². The van der Waals surface area contributed by atoms with Gasteiger partial charge < -0.3 is 5.11 Å². The summed E-state index contributed by atoms with van der Waals surface area (Å²) in [7, 11) is 0. The highest BCUT2D eigenvalue weighted by molar-refractivity contribution is 5.86. The fraction of sp³-hybridized carbons (Fsp3) is 0.267. The van der Waals surface area contributed by atoms with Gasteiger partial charge in [-0.1, -0.05) is 24.3 Å². The molecule has 88 valence electrons. The number of aliphatic hydroxyl groups excluding tert-OH is 1. The van der Waals surface area contributed by atoms with Gasteiger partial charge in [-0.3, -0.25) is 4.99 Å². The van der Waals surface area contributed by atoms with Crippen LogP contribution in [-0.2, 0) is 0 Å². The zero-order chi connectivity index (χ0) is 12.3. The molecule has 0 unspecified atom stereocenters. The number of rotatable bonds is 2. The van der Waals surface area contributed by atoms with E-state index < -0.39 is 0 Å². The van der Waals surface area contributed by atoms with Gasteiger partial charge in [0.15, 0.2) is 0 Å². The Balaban J connectivity index is 2.23. The standard InChI is InChI=1S/C15H17NO/c1-11-6-3-4-9-14(11)16-10-13-8-5-7-12(2)15(13)17/h3-4,6,8-10,17H,5,7H2,1-2H3/b16-10+. The molecule has 1 aromatic rings. The van der Waals surface area contributed by atoms with Crippen molar-refractivity contribution >= 4 is 11.9 Å². The smallest absolute Gasteiger partial charge is 0.122 e. The lowest BCUT2D eigenvalue weighted by Gasteiger charge is -2.11. The van der Waals surface area contributed by atoms with Crippen LogP contribution in [0.5, 0.6) is 0 Å². The van der Waals surface area contributed by atoms with Crippen LogP contribution in [0.15, 0.2) is 52.2 Å². The summed E-state index contributed by atoms with van der Waals surface area (Å²) in [6, 6.07) is 7.97. The zero-order valence-corrected chi connectivity index (χ0v) is 10.3. The second-order valence-corrected chi connectivity index (χ2v) is 4.37. The van der Waals surface area contributed by atoms with Crippen LogP contribution >= 0.6 is 0 Å². The highest BCUT2D eigenvalue weighted by atomic mass is 16.3. The summed E-state index contributed by atoms with van der Waals surface area (Å²) in [5.41, 5.74) is 3.96. The van der Waals surface area contributed by atoms with Crippen molar-refractivity contribution in [2.24, 2.45) is 4.99 Å². The van der Waals surface area contributed by atoms with Gasteiger partial charge in [-0.25, -0.2) is 0 Å². The summed E-state index contributed by atoms with van der Waals surface area (Å²) in [5, 5.41) is 9.90. The van der Waals surface area contributed by atoms with Crippen LogP contribution in [0.25, 0.3) is 0 Å². The molecule has 0 spiro atoms. The number of aryl methyl sites for hydroxylation is 1. The lowest BCUT2D eigenvalue weighted by atomic mass is 9.99. The topological polar surface area (TPSA) is 32.6 Å². The molecule has 1 aliphatic carbocycles. The Morgan fingerprint density at radius 3 is 2.76 bits per heavy atom. The number of aliphatic hydroxyl groups is 1. The van der Waals surface area contributed by atoms with Crippen LogP contribution in [0.2, 0.25) is 0 Å². The monoisotopic (exact) mass is 227 g/mol. The van der Waals surface area contributed by atoms with Gasteiger partial charge in [-0.2, -0.15) is 0 Å². The first-order valence-corrected chi connectivity index (χ1v) is 5.87. The maximum atomic E-state index is 9.90. The van der Waals surface area contributed by atoms with E-state index in [4.69, 9.17) is 0 Å². The van der Waals surface area contributed by atoms with Crippen LogP contribution in [0, 0.1) is 6.92 Å². The van der Waals surface area contributed by atoms with E-state index in [1.807, 2.05) is 44.2 Å². The molecule has 0 amide bonds. The Kier molecular flexibility index (Phi) is 3.43. The van der Waals surface area contributed by atoms with E-state index in [9.17, 15) is 5.11 Å². The summed E-state index contributed by atoms with van der Waals surface area (Å²) in [6.07, 6.45) is 5.70. The first-order chi connectivity index (χ1) is 8.18. The quantitative estimate of drug-likeness (QED) is 0.753. The molecule has 2 rings (SSSR count). The lowest BCUT2D eigenvalue weighted by Crippen LogP contribution is -1.99. The molecule has 2 nitrogen and oxygen atoms in total. The number of hydrogen-bond acceptors (Lipinski definition) is 2. The largest absolute Gasteiger partial charge is 0.507 e. The minimum absolute atomic E-state index is 0.383. The summed E-state index contributed by atoms with van der Waals surface area (Å²) >= 11 is 0. The van der Waals surface area contributed by atoms with Gasteiger partial charge in [-0.15, -0.1) is 0 Å². The molecular formula is C15H17NO. The van der Waals surface area contributed by atoms with Gasteiger partial charge in [0.2, 0.25) is 0 Å². The predicted molar refractivity (Wildman–Crippen MR) is 72.0 cm³/mol. The minimum Gasteiger partial charge on any atom is -0.507 e. The highest BCUT2D eigenvalue weighted by Crippen LogP contribution is 2.23. The van der Waals surface area contributed by atoms with E-state index in [0.29, 0.717) is 5.76 Å². The average molecular weight is 227 g/mol. The molecule has 0 fully saturated rings. The first kappa shape index (κ1) is 11.6. The van der Waals surface area contributed by atoms with Crippen molar-refractivity contribution in [2.75, 3.05) is 0 Å². The molecule has 0 atom stereocenters. The highest BCUT2D eigenvalue weighted by Gasteiger charge is 2.09. The molecule has 0 radical (unpaired) electrons. The number of nitrogens with zero attached hydrogens (tertiary/aromatic N) is 1. The van der Waals surface area contributed by atoms with E-state index in [-0.39, 0.29) is 0 Å². The summed E-state index contributed by atoms with van der Waals surface area (Å²) in [6.45, 7) is 3.99. The van der Waals surface area contributed by atoms with Crippen molar-refractivity contribution in [3.8, 4) is 0 Å². The van der Waals surface area contributed by atoms with E-state index in [1.165, 1.54) is 0 Å². The average Bonchev–Trinajstić information content (AvgIpc) is 2.33. The second-order valence-electron chi connectivity index (χ2n) is 4.37. The molecule has 0 aliphatic heterocycles. The van der Waals surface area contributed by atoms with E-state index in [2.05, 4.69) is 4.99 Å². The number of allylic oxidation sites excluding steroid dienone is 3. The molecule has 17 heavy (non-hydrogen) atoms. The molecule has 0 saturated heterocycles. The van der Waals surface area contributed by atoms with Gasteiger partial charge in [0.1, 0.15) is 5.76 Å². The van der Waals surface area contributed by atoms with Crippen molar-refractivity contribution in [1.29, 1.82) is 0 Å². The second kappa shape index (κ2) is 5.00. The van der Waals surface area contributed by atoms with Gasteiger partial charge in [0.25, 0.3) is 0 Å². The molecule has 0 aromatic heterocycles. The van der Waals surface area contributed by atoms with E-state index in [1.54, 1.807) is 6.21 Å². The first-order valence-electron chi connectivity index (χ1n) is 5.87. The van der Waals surface area contributed by atoms with Gasteiger partial charge >= 0.3 is 0 Å². The Morgan fingerprint density at radius 1 is 1.24 bits per heavy atom. The van der Waals surface area contributed by atoms with E-state index in [0.717, 1.165) is 35.2 Å². The minimum atomic E-state index is 0.383. The third kappa shape index (κ3) is 2.64. The zero-order valence-electron chi connectivity index (χ0n) is 10.3. The van der Waals surface area contributed by atoms with Gasteiger partial charge in [-0.05, 0) is 43.9 Å². The van der Waals surface area contributed by atoms with Crippen LogP contribution in [0.1, 0.15) is 25.3 Å². The van der Waals surface area contributed by atoms with Crippen LogP contribution in [0.3, 0.4) is 0 Å². The molecule has 1 N–H and O–H groups in total. The molecule has 1 aromatic carbocycles. The fourth-order valence-corrected chi connectivity index (χ4v) is 1.87. The predicted octanol–water partition coefficient (Wildman–Crippen LogP) is 4.25. The lowest BCUT2D eigenvalue weighted by molar-refractivity contribution is 0.415. The van der Waals surface area contributed by atoms with E-state index >= 15 is 0 Å². The molecule has 0 bridgehead atoms. The summed E-state index contributed by atoms with van der Waals surface area (Å²) in [4.78, 5) is 4.43. The maximum Gasteiger partial charge on any atom is 0.122 e. The van der Waals surface area contributed by atoms with Crippen LogP contribution in [0.4, 0.5) is 5.69 Å². The van der Waals surface area contributed by atoms with Crippen molar-refractivity contribution in [3.05, 3.63) is 52.8 Å². The molecule has 0 saturated carbocycles. The van der Waals surface area contributed by atoms with Gasteiger partial charge in [0.05, 0.1) is 5.69 Å².